The fraction of sp³-hybridized carbons (Fsp3) is 0.133. The predicted molar refractivity (Wildman–Crippen MR) is 81.0 cm³/mol. The van der Waals surface area contributed by atoms with E-state index in [-0.39, 0.29) is 5.82 Å². The number of hydrogen-bond acceptors (Lipinski definition) is 4. The van der Waals surface area contributed by atoms with Crippen LogP contribution in [-0.2, 0) is 0 Å². The molecule has 0 atom stereocenters. The maximum Gasteiger partial charge on any atom is 0.182 e. The van der Waals surface area contributed by atoms with Crippen LogP contribution >= 0.6 is 11.3 Å². The van der Waals surface area contributed by atoms with Crippen molar-refractivity contribution in [2.45, 2.75) is 13.8 Å². The van der Waals surface area contributed by atoms with E-state index in [0.717, 1.165) is 21.4 Å². The van der Waals surface area contributed by atoms with Crippen LogP contribution in [0.25, 0.3) is 27.3 Å². The third-order valence-electron chi connectivity index (χ3n) is 3.61. The molecule has 0 saturated heterocycles. The highest BCUT2D eigenvalue weighted by molar-refractivity contribution is 7.18. The van der Waals surface area contributed by atoms with Gasteiger partial charge in [-0.05, 0) is 43.7 Å². The Morgan fingerprint density at radius 2 is 1.90 bits per heavy atom. The first-order valence-electron chi connectivity index (χ1n) is 6.50. The van der Waals surface area contributed by atoms with Crippen LogP contribution in [0.2, 0.25) is 0 Å². The number of benzene rings is 1. The first-order chi connectivity index (χ1) is 10.1. The molecule has 0 radical (unpaired) electrons. The van der Waals surface area contributed by atoms with Crippen molar-refractivity contribution in [3.05, 3.63) is 46.9 Å². The van der Waals surface area contributed by atoms with Crippen molar-refractivity contribution >= 4 is 27.2 Å². The molecule has 0 amide bonds. The second kappa shape index (κ2) is 4.33. The van der Waals surface area contributed by atoms with Gasteiger partial charge in [0.2, 0.25) is 0 Å². The number of thiophene rings is 1. The van der Waals surface area contributed by atoms with Gasteiger partial charge in [0, 0.05) is 10.4 Å². The first kappa shape index (κ1) is 12.4. The van der Waals surface area contributed by atoms with Crippen LogP contribution in [0.4, 0.5) is 4.39 Å². The van der Waals surface area contributed by atoms with Gasteiger partial charge in [0.15, 0.2) is 11.5 Å². The van der Waals surface area contributed by atoms with E-state index < -0.39 is 0 Å². The van der Waals surface area contributed by atoms with Gasteiger partial charge in [-0.3, -0.25) is 0 Å². The topological polar surface area (TPSA) is 43.1 Å². The minimum absolute atomic E-state index is 0.268. The number of rotatable bonds is 1. The standard InChI is InChI=1S/C15H11FN4S/c1-8-9(2)21-15-12(8)14-18-13(19-20(14)7-17-15)10-3-5-11(16)6-4-10/h3-7H,1-2H3. The molecule has 104 valence electrons. The van der Waals surface area contributed by atoms with Gasteiger partial charge in [0.25, 0.3) is 0 Å². The van der Waals surface area contributed by atoms with Gasteiger partial charge in [-0.1, -0.05) is 0 Å². The third kappa shape index (κ3) is 1.83. The summed E-state index contributed by atoms with van der Waals surface area (Å²) in [6.07, 6.45) is 1.67. The Hall–Kier alpha value is -2.34. The highest BCUT2D eigenvalue weighted by Crippen LogP contribution is 2.31. The molecule has 4 nitrogen and oxygen atoms in total. The molecule has 0 aliphatic carbocycles. The molecule has 6 heteroatoms. The molecule has 3 aromatic heterocycles. The number of nitrogens with zero attached hydrogens (tertiary/aromatic N) is 4. The lowest BCUT2D eigenvalue weighted by Gasteiger charge is -1.93. The van der Waals surface area contributed by atoms with Crippen molar-refractivity contribution in [3.63, 3.8) is 0 Å². The molecule has 0 N–H and O–H groups in total. The fourth-order valence-electron chi connectivity index (χ4n) is 2.37. The molecule has 0 aliphatic rings. The van der Waals surface area contributed by atoms with Gasteiger partial charge >= 0.3 is 0 Å². The molecule has 0 saturated carbocycles. The summed E-state index contributed by atoms with van der Waals surface area (Å²) < 4.78 is 14.7. The number of aromatic nitrogens is 4. The summed E-state index contributed by atoms with van der Waals surface area (Å²) in [7, 11) is 0. The van der Waals surface area contributed by atoms with Crippen molar-refractivity contribution in [2.24, 2.45) is 0 Å². The van der Waals surface area contributed by atoms with Crippen molar-refractivity contribution in [1.82, 2.24) is 19.6 Å². The van der Waals surface area contributed by atoms with E-state index in [1.54, 1.807) is 34.3 Å². The van der Waals surface area contributed by atoms with Crippen molar-refractivity contribution in [1.29, 1.82) is 0 Å². The molecule has 0 aliphatic heterocycles. The van der Waals surface area contributed by atoms with Crippen LogP contribution in [0.5, 0.6) is 0 Å². The fourth-order valence-corrected chi connectivity index (χ4v) is 3.36. The minimum atomic E-state index is -0.268. The van der Waals surface area contributed by atoms with Crippen LogP contribution in [0.1, 0.15) is 10.4 Å². The lowest BCUT2D eigenvalue weighted by Crippen LogP contribution is -1.90. The van der Waals surface area contributed by atoms with Gasteiger partial charge in [-0.25, -0.2) is 18.9 Å². The Balaban J connectivity index is 2.01. The first-order valence-corrected chi connectivity index (χ1v) is 7.32. The van der Waals surface area contributed by atoms with E-state index in [0.29, 0.717) is 5.82 Å². The van der Waals surface area contributed by atoms with Gasteiger partial charge in [0.05, 0.1) is 5.39 Å². The quantitative estimate of drug-likeness (QED) is 0.537. The van der Waals surface area contributed by atoms with E-state index in [9.17, 15) is 4.39 Å². The highest BCUT2D eigenvalue weighted by Gasteiger charge is 2.14. The summed E-state index contributed by atoms with van der Waals surface area (Å²) >= 11 is 1.66. The highest BCUT2D eigenvalue weighted by atomic mass is 32.1. The maximum atomic E-state index is 13.0. The molecule has 1 aromatic carbocycles. The van der Waals surface area contributed by atoms with Gasteiger partial charge in [0.1, 0.15) is 17.0 Å². The van der Waals surface area contributed by atoms with E-state index in [1.807, 2.05) is 0 Å². The zero-order valence-corrected chi connectivity index (χ0v) is 12.3. The van der Waals surface area contributed by atoms with E-state index >= 15 is 0 Å². The lowest BCUT2D eigenvalue weighted by molar-refractivity contribution is 0.628. The molecule has 0 unspecified atom stereocenters. The van der Waals surface area contributed by atoms with Crippen LogP contribution in [0, 0.1) is 19.7 Å². The molecular formula is C15H11FN4S. The molecule has 0 fully saturated rings. The van der Waals surface area contributed by atoms with E-state index in [2.05, 4.69) is 28.9 Å². The predicted octanol–water partition coefficient (Wildman–Crippen LogP) is 3.76. The summed E-state index contributed by atoms with van der Waals surface area (Å²) in [6, 6.07) is 6.19. The molecule has 3 heterocycles. The van der Waals surface area contributed by atoms with Crippen LogP contribution in [0.15, 0.2) is 30.6 Å². The average Bonchev–Trinajstić information content (AvgIpc) is 3.02. The number of fused-ring (bicyclic) bond motifs is 3. The molecule has 0 spiro atoms. The Kier molecular flexibility index (Phi) is 2.56. The summed E-state index contributed by atoms with van der Waals surface area (Å²) in [5, 5.41) is 5.48. The van der Waals surface area contributed by atoms with Gasteiger partial charge in [-0.2, -0.15) is 0 Å². The van der Waals surface area contributed by atoms with Crippen molar-refractivity contribution in [2.75, 3.05) is 0 Å². The third-order valence-corrected chi connectivity index (χ3v) is 4.72. The monoisotopic (exact) mass is 298 g/mol. The van der Waals surface area contributed by atoms with Crippen LogP contribution < -0.4 is 0 Å². The Morgan fingerprint density at radius 1 is 1.14 bits per heavy atom. The Labute approximate surface area is 123 Å². The van der Waals surface area contributed by atoms with Gasteiger partial charge < -0.3 is 0 Å². The second-order valence-electron chi connectivity index (χ2n) is 4.92. The number of aryl methyl sites for hydroxylation is 2. The summed E-state index contributed by atoms with van der Waals surface area (Å²) in [4.78, 5) is 11.2. The van der Waals surface area contributed by atoms with Crippen molar-refractivity contribution < 1.29 is 4.39 Å². The van der Waals surface area contributed by atoms with Crippen molar-refractivity contribution in [3.8, 4) is 11.4 Å². The average molecular weight is 298 g/mol. The Morgan fingerprint density at radius 3 is 2.67 bits per heavy atom. The van der Waals surface area contributed by atoms with Crippen LogP contribution in [0.3, 0.4) is 0 Å². The number of halogens is 1. The normalized spacial score (nSPS) is 11.6. The zero-order chi connectivity index (χ0) is 14.6. The van der Waals surface area contributed by atoms with Gasteiger partial charge in [-0.15, -0.1) is 16.4 Å². The summed E-state index contributed by atoms with van der Waals surface area (Å²) in [5.74, 6) is 0.309. The number of hydrogen-bond donors (Lipinski definition) is 0. The summed E-state index contributed by atoms with van der Waals surface area (Å²) in [6.45, 7) is 4.15. The molecule has 0 bridgehead atoms. The Bertz CT molecular complexity index is 969. The molecular weight excluding hydrogens is 287 g/mol. The smallest absolute Gasteiger partial charge is 0.182 e. The maximum absolute atomic E-state index is 13.0. The SMILES string of the molecule is Cc1sc2ncn3nc(-c4ccc(F)cc4)nc3c2c1C. The molecule has 21 heavy (non-hydrogen) atoms. The van der Waals surface area contributed by atoms with E-state index in [4.69, 9.17) is 0 Å². The minimum Gasteiger partial charge on any atom is -0.225 e. The summed E-state index contributed by atoms with van der Waals surface area (Å²) in [5.41, 5.74) is 2.77. The van der Waals surface area contributed by atoms with E-state index in [1.165, 1.54) is 22.6 Å². The zero-order valence-electron chi connectivity index (χ0n) is 11.5. The van der Waals surface area contributed by atoms with Crippen LogP contribution in [-0.4, -0.2) is 19.6 Å². The molecule has 4 aromatic rings. The largest absolute Gasteiger partial charge is 0.225 e. The second-order valence-corrected chi connectivity index (χ2v) is 6.12. The molecule has 4 rings (SSSR count). The lowest BCUT2D eigenvalue weighted by atomic mass is 10.2.